The first-order valence-electron chi connectivity index (χ1n) is 9.68. The van der Waals surface area contributed by atoms with Gasteiger partial charge in [-0.15, -0.1) is 11.3 Å². The van der Waals surface area contributed by atoms with Gasteiger partial charge in [0.25, 0.3) is 5.91 Å². The van der Waals surface area contributed by atoms with Gasteiger partial charge in [-0.2, -0.15) is 0 Å². The maximum Gasteiger partial charge on any atom is 0.266 e. The summed E-state index contributed by atoms with van der Waals surface area (Å²) in [4.78, 5) is 20.7. The van der Waals surface area contributed by atoms with Gasteiger partial charge in [-0.3, -0.25) is 9.78 Å². The van der Waals surface area contributed by atoms with E-state index in [9.17, 15) is 4.79 Å². The van der Waals surface area contributed by atoms with Crippen LogP contribution in [0.1, 0.15) is 47.8 Å². The monoisotopic (exact) mass is 367 g/mol. The van der Waals surface area contributed by atoms with E-state index in [1.807, 2.05) is 0 Å². The van der Waals surface area contributed by atoms with Crippen LogP contribution in [0.25, 0.3) is 0 Å². The highest BCUT2D eigenvalue weighted by Gasteiger charge is 2.60. The molecule has 1 aliphatic carbocycles. The van der Waals surface area contributed by atoms with E-state index in [4.69, 9.17) is 0 Å². The van der Waals surface area contributed by atoms with Gasteiger partial charge in [0.05, 0.1) is 17.7 Å². The maximum atomic E-state index is 13.5. The lowest BCUT2D eigenvalue weighted by atomic mass is 9.64. The molecule has 2 bridgehead atoms. The molecule has 4 nitrogen and oxygen atoms in total. The van der Waals surface area contributed by atoms with Gasteiger partial charge in [0.15, 0.2) is 0 Å². The molecule has 1 amide bonds. The molecule has 5 heteroatoms. The number of hydrogen-bond donors (Lipinski definition) is 1. The fraction of sp³-hybridized carbons (Fsp3) is 0.524. The number of amides is 1. The molecule has 2 saturated heterocycles. The zero-order valence-corrected chi connectivity index (χ0v) is 15.9. The molecule has 0 unspecified atom stereocenters. The summed E-state index contributed by atoms with van der Waals surface area (Å²) >= 11 is 1.46. The Morgan fingerprint density at radius 2 is 2.19 bits per heavy atom. The summed E-state index contributed by atoms with van der Waals surface area (Å²) in [7, 11) is 0. The third kappa shape index (κ3) is 2.44. The molecule has 136 valence electrons. The zero-order valence-electron chi connectivity index (χ0n) is 15.1. The average molecular weight is 368 g/mol. The van der Waals surface area contributed by atoms with Crippen molar-refractivity contribution in [2.24, 2.45) is 5.41 Å². The molecule has 1 saturated carbocycles. The number of benzene rings is 1. The molecule has 0 radical (unpaired) electrons. The lowest BCUT2D eigenvalue weighted by Crippen LogP contribution is -2.62. The van der Waals surface area contributed by atoms with E-state index in [1.54, 1.807) is 11.7 Å². The summed E-state index contributed by atoms with van der Waals surface area (Å²) in [5.74, 6) is 0.179. The van der Waals surface area contributed by atoms with Crippen molar-refractivity contribution in [3.05, 3.63) is 52.5 Å². The second-order valence-electron chi connectivity index (χ2n) is 8.32. The number of fused-ring (bicyclic) bond motifs is 1. The third-order valence-corrected chi connectivity index (χ3v) is 7.69. The quantitative estimate of drug-likeness (QED) is 0.903. The van der Waals surface area contributed by atoms with Crippen molar-refractivity contribution in [3.8, 4) is 0 Å². The molecular weight excluding hydrogens is 342 g/mol. The highest BCUT2D eigenvalue weighted by Crippen LogP contribution is 2.52. The predicted molar refractivity (Wildman–Crippen MR) is 103 cm³/mol. The first-order chi connectivity index (χ1) is 12.7. The van der Waals surface area contributed by atoms with E-state index >= 15 is 0 Å². The largest absolute Gasteiger partial charge is 0.329 e. The number of piperidine rings is 1. The number of nitrogens with zero attached hydrogens (tertiary/aromatic N) is 2. The maximum absolute atomic E-state index is 13.5. The summed E-state index contributed by atoms with van der Waals surface area (Å²) in [5, 5.41) is 3.92. The molecule has 5 atom stereocenters. The van der Waals surface area contributed by atoms with Crippen LogP contribution in [0.5, 0.6) is 0 Å². The first-order valence-corrected chi connectivity index (χ1v) is 10.6. The van der Waals surface area contributed by atoms with E-state index in [2.05, 4.69) is 52.5 Å². The number of aromatic nitrogens is 1. The number of thiazole rings is 1. The van der Waals surface area contributed by atoms with Gasteiger partial charge in [-0.25, -0.2) is 0 Å². The Hall–Kier alpha value is -1.72. The number of hydrogen-bond acceptors (Lipinski definition) is 4. The molecule has 3 heterocycles. The molecule has 1 aromatic heterocycles. The molecule has 5 rings (SSSR count). The van der Waals surface area contributed by atoms with Crippen LogP contribution in [0, 0.1) is 5.41 Å². The van der Waals surface area contributed by atoms with E-state index < -0.39 is 0 Å². The number of carbonyl (C=O) groups is 1. The molecule has 2 aromatic rings. The van der Waals surface area contributed by atoms with E-state index in [0.717, 1.165) is 17.7 Å². The van der Waals surface area contributed by atoms with Gasteiger partial charge in [0, 0.05) is 23.5 Å². The van der Waals surface area contributed by atoms with Crippen LogP contribution in [-0.2, 0) is 6.42 Å². The minimum atomic E-state index is 0.179. The Bertz CT molecular complexity index is 793. The highest BCUT2D eigenvalue weighted by molar-refractivity contribution is 7.11. The minimum Gasteiger partial charge on any atom is -0.329 e. The summed E-state index contributed by atoms with van der Waals surface area (Å²) in [5.41, 5.74) is 3.28. The van der Waals surface area contributed by atoms with Crippen LogP contribution >= 0.6 is 11.3 Å². The summed E-state index contributed by atoms with van der Waals surface area (Å²) in [6, 6.07) is 12.1. The van der Waals surface area contributed by atoms with Crippen molar-refractivity contribution in [1.82, 2.24) is 15.2 Å². The van der Waals surface area contributed by atoms with Crippen LogP contribution in [0.3, 0.4) is 0 Å². The number of nitrogens with one attached hydrogen (secondary N) is 1. The van der Waals surface area contributed by atoms with E-state index in [-0.39, 0.29) is 17.4 Å². The molecule has 3 fully saturated rings. The fourth-order valence-corrected chi connectivity index (χ4v) is 6.28. The zero-order chi connectivity index (χ0) is 17.7. The number of carbonyl (C=O) groups excluding carboxylic acids is 1. The Morgan fingerprint density at radius 3 is 2.96 bits per heavy atom. The van der Waals surface area contributed by atoms with E-state index in [1.165, 1.54) is 36.2 Å². The Balaban J connectivity index is 1.55. The third-order valence-electron chi connectivity index (χ3n) is 6.93. The number of rotatable bonds is 3. The SMILES string of the molecule is C[C@]12C[C@@H]3N[C@H]1CCC[C@H]2N(C(=O)c1cncs1)[C@H]3Cc1ccccc1. The molecule has 0 spiro atoms. The normalized spacial score (nSPS) is 35.5. The van der Waals surface area contributed by atoms with Crippen LogP contribution in [0.2, 0.25) is 0 Å². The van der Waals surface area contributed by atoms with Crippen LogP contribution in [0.4, 0.5) is 0 Å². The van der Waals surface area contributed by atoms with Crippen molar-refractivity contribution in [1.29, 1.82) is 0 Å². The molecule has 1 N–H and O–H groups in total. The summed E-state index contributed by atoms with van der Waals surface area (Å²) in [6.45, 7) is 2.40. The Kier molecular flexibility index (Phi) is 3.90. The lowest BCUT2D eigenvalue weighted by molar-refractivity contribution is -0.0108. The Labute approximate surface area is 158 Å². The minimum absolute atomic E-state index is 0.179. The second-order valence-corrected chi connectivity index (χ2v) is 9.20. The highest BCUT2D eigenvalue weighted by atomic mass is 32.1. The van der Waals surface area contributed by atoms with Gasteiger partial charge >= 0.3 is 0 Å². The Morgan fingerprint density at radius 1 is 1.35 bits per heavy atom. The van der Waals surface area contributed by atoms with Crippen molar-refractivity contribution >= 4 is 17.2 Å². The molecular formula is C21H25N3OS. The summed E-state index contributed by atoms with van der Waals surface area (Å²) in [6.07, 6.45) is 7.41. The average Bonchev–Trinajstić information content (AvgIpc) is 3.29. The fourth-order valence-electron chi connectivity index (χ4n) is 5.72. The van der Waals surface area contributed by atoms with Crippen molar-refractivity contribution < 1.29 is 4.79 Å². The van der Waals surface area contributed by atoms with Crippen LogP contribution in [0.15, 0.2) is 42.0 Å². The molecule has 3 aliphatic rings. The molecule has 26 heavy (non-hydrogen) atoms. The van der Waals surface area contributed by atoms with Crippen molar-refractivity contribution in [3.63, 3.8) is 0 Å². The summed E-state index contributed by atoms with van der Waals surface area (Å²) < 4.78 is 0. The molecule has 2 aliphatic heterocycles. The van der Waals surface area contributed by atoms with E-state index in [0.29, 0.717) is 18.1 Å². The smallest absolute Gasteiger partial charge is 0.266 e. The van der Waals surface area contributed by atoms with Gasteiger partial charge in [-0.05, 0) is 37.7 Å². The van der Waals surface area contributed by atoms with Crippen LogP contribution < -0.4 is 5.32 Å². The number of likely N-dealkylation sites (tertiary alicyclic amines) is 1. The topological polar surface area (TPSA) is 45.2 Å². The van der Waals surface area contributed by atoms with Gasteiger partial charge in [-0.1, -0.05) is 37.3 Å². The van der Waals surface area contributed by atoms with Crippen molar-refractivity contribution in [2.75, 3.05) is 0 Å². The lowest BCUT2D eigenvalue weighted by Gasteiger charge is -2.53. The van der Waals surface area contributed by atoms with Gasteiger partial charge in [0.2, 0.25) is 0 Å². The van der Waals surface area contributed by atoms with Gasteiger partial charge < -0.3 is 10.2 Å². The first kappa shape index (κ1) is 16.5. The second kappa shape index (κ2) is 6.17. The van der Waals surface area contributed by atoms with Gasteiger partial charge in [0.1, 0.15) is 4.88 Å². The molecule has 1 aromatic carbocycles. The van der Waals surface area contributed by atoms with Crippen molar-refractivity contribution in [2.45, 2.75) is 63.2 Å². The predicted octanol–water partition coefficient (Wildman–Crippen LogP) is 3.50. The standard InChI is InChI=1S/C21H25N3OS/c1-21-11-15-16(10-14-6-3-2-4-7-14)24(20(25)17-12-22-13-26-17)19(21)9-5-8-18(21)23-15/h2-4,6-7,12-13,15-16,18-19,23H,5,8-11H2,1H3/t15-,16-,18-,19+,21-/m0/s1. The van der Waals surface area contributed by atoms with Crippen LogP contribution in [-0.4, -0.2) is 40.0 Å².